The highest BCUT2D eigenvalue weighted by Crippen LogP contribution is 2.40. The Morgan fingerprint density at radius 2 is 1.87 bits per heavy atom. The molecule has 126 valence electrons. The van der Waals surface area contributed by atoms with Crippen LogP contribution < -0.4 is 0 Å². The molecule has 0 radical (unpaired) electrons. The molecule has 23 heavy (non-hydrogen) atoms. The van der Waals surface area contributed by atoms with Gasteiger partial charge in [0.1, 0.15) is 6.29 Å². The lowest BCUT2D eigenvalue weighted by atomic mass is 9.72. The molecule has 0 unspecified atom stereocenters. The maximum absolute atomic E-state index is 13.8. The maximum Gasteiger partial charge on any atom is 0.161 e. The van der Waals surface area contributed by atoms with Gasteiger partial charge in [-0.1, -0.05) is 31.6 Å². The van der Waals surface area contributed by atoms with E-state index in [1.54, 1.807) is 6.92 Å². The van der Waals surface area contributed by atoms with Gasteiger partial charge >= 0.3 is 0 Å². The molecule has 0 spiro atoms. The first kappa shape index (κ1) is 19.3. The molecule has 1 nitrogen and oxygen atoms in total. The zero-order valence-electron chi connectivity index (χ0n) is 14.7. The summed E-state index contributed by atoms with van der Waals surface area (Å²) in [6, 6.07) is 0. The van der Waals surface area contributed by atoms with Gasteiger partial charge in [0.25, 0.3) is 0 Å². The summed E-state index contributed by atoms with van der Waals surface area (Å²) >= 11 is 0. The monoisotopic (exact) mass is 320 g/mol. The van der Waals surface area contributed by atoms with Crippen LogP contribution in [-0.4, -0.2) is 6.29 Å². The van der Waals surface area contributed by atoms with Crippen molar-refractivity contribution in [2.75, 3.05) is 0 Å². The van der Waals surface area contributed by atoms with E-state index in [1.807, 2.05) is 12.2 Å². The van der Waals surface area contributed by atoms with E-state index in [1.165, 1.54) is 24.5 Å². The highest BCUT2D eigenvalue weighted by Gasteiger charge is 2.26. The molecule has 0 aromatic carbocycles. The first-order chi connectivity index (χ1) is 10.7. The van der Waals surface area contributed by atoms with Crippen LogP contribution in [0.1, 0.15) is 53.9 Å². The normalized spacial score (nSPS) is 20.8. The number of halogens is 2. The Morgan fingerprint density at radius 1 is 1.22 bits per heavy atom. The first-order valence-electron chi connectivity index (χ1n) is 7.93. The van der Waals surface area contributed by atoms with Crippen molar-refractivity contribution in [3.05, 3.63) is 58.3 Å². The molecule has 0 aliphatic heterocycles. The summed E-state index contributed by atoms with van der Waals surface area (Å²) < 4.78 is 27.6. The van der Waals surface area contributed by atoms with E-state index in [0.717, 1.165) is 25.0 Å². The molecule has 1 rings (SSSR count). The van der Waals surface area contributed by atoms with Crippen molar-refractivity contribution >= 4 is 6.29 Å². The van der Waals surface area contributed by atoms with Crippen LogP contribution >= 0.6 is 0 Å². The number of allylic oxidation sites excluding steroid dienone is 10. The van der Waals surface area contributed by atoms with Gasteiger partial charge in [-0.2, -0.15) is 0 Å². The lowest BCUT2D eigenvalue weighted by Crippen LogP contribution is -2.19. The van der Waals surface area contributed by atoms with Crippen LogP contribution in [0.3, 0.4) is 0 Å². The zero-order chi connectivity index (χ0) is 17.6. The fourth-order valence-corrected chi connectivity index (χ4v) is 2.90. The van der Waals surface area contributed by atoms with Gasteiger partial charge in [-0.3, -0.25) is 4.79 Å². The first-order valence-corrected chi connectivity index (χ1v) is 7.93. The van der Waals surface area contributed by atoms with Crippen LogP contribution in [0.4, 0.5) is 8.78 Å². The number of carbonyl (C=O) groups is 1. The second-order valence-corrected chi connectivity index (χ2v) is 6.80. The van der Waals surface area contributed by atoms with Crippen molar-refractivity contribution < 1.29 is 13.6 Å². The predicted molar refractivity (Wildman–Crippen MR) is 92.3 cm³/mol. The third-order valence-corrected chi connectivity index (χ3v) is 4.28. The number of hydrogen-bond donors (Lipinski definition) is 0. The standard InChI is InChI=1S/C20H26F2O/c1-14(13-18(21)19(22)16(3)10-12-23)8-9-17-15(2)7-6-11-20(17,4)5/h8-10,12-13H,6-7,11H2,1-5H3/b9-8+,14-13+,16-10+,19-18+. The van der Waals surface area contributed by atoms with E-state index >= 15 is 0 Å². The molecule has 0 saturated carbocycles. The minimum atomic E-state index is -1.00. The minimum Gasteiger partial charge on any atom is -0.299 e. The summed E-state index contributed by atoms with van der Waals surface area (Å²) in [6.45, 7) is 9.65. The van der Waals surface area contributed by atoms with E-state index in [9.17, 15) is 13.6 Å². The van der Waals surface area contributed by atoms with Crippen LogP contribution in [-0.2, 0) is 4.79 Å². The Hall–Kier alpha value is -1.77. The molecule has 0 amide bonds. The molecule has 0 aromatic rings. The Balaban J connectivity index is 3.02. The van der Waals surface area contributed by atoms with Gasteiger partial charge in [0.15, 0.2) is 11.7 Å². The van der Waals surface area contributed by atoms with Gasteiger partial charge in [0.05, 0.1) is 0 Å². The number of hydrogen-bond acceptors (Lipinski definition) is 1. The summed E-state index contributed by atoms with van der Waals surface area (Å²) in [5.74, 6) is -1.96. The highest BCUT2D eigenvalue weighted by atomic mass is 19.2. The third kappa shape index (κ3) is 5.42. The van der Waals surface area contributed by atoms with Crippen molar-refractivity contribution in [2.24, 2.45) is 5.41 Å². The lowest BCUT2D eigenvalue weighted by molar-refractivity contribution is -0.104. The van der Waals surface area contributed by atoms with Crippen LogP contribution in [0.2, 0.25) is 0 Å². The van der Waals surface area contributed by atoms with Crippen LogP contribution in [0.25, 0.3) is 0 Å². The van der Waals surface area contributed by atoms with Gasteiger partial charge in [-0.25, -0.2) is 8.78 Å². The molecule has 0 fully saturated rings. The summed E-state index contributed by atoms with van der Waals surface area (Å²) in [5, 5.41) is 0. The van der Waals surface area contributed by atoms with E-state index in [2.05, 4.69) is 20.8 Å². The van der Waals surface area contributed by atoms with Crippen LogP contribution in [0, 0.1) is 5.41 Å². The Kier molecular flexibility index (Phi) is 6.86. The molecule has 0 N–H and O–H groups in total. The molecule has 0 saturated heterocycles. The predicted octanol–water partition coefficient (Wildman–Crippen LogP) is 6.31. The SMILES string of the molecule is CC1=C(/C=C/C(C)=C/C(F)=C(F)/C(C)=C/C=O)C(C)(C)CCC1. The topological polar surface area (TPSA) is 17.1 Å². The number of aldehydes is 1. The molecule has 0 heterocycles. The quantitative estimate of drug-likeness (QED) is 0.329. The summed E-state index contributed by atoms with van der Waals surface area (Å²) in [4.78, 5) is 10.3. The molecular formula is C20H26F2O. The van der Waals surface area contributed by atoms with E-state index in [-0.39, 0.29) is 11.0 Å². The second-order valence-electron chi connectivity index (χ2n) is 6.80. The molecule has 1 aliphatic rings. The van der Waals surface area contributed by atoms with Gasteiger partial charge in [0, 0.05) is 0 Å². The lowest BCUT2D eigenvalue weighted by Gasteiger charge is -2.32. The zero-order valence-corrected chi connectivity index (χ0v) is 14.7. The molecule has 1 aliphatic carbocycles. The minimum absolute atomic E-state index is 0.0162. The molecule has 0 atom stereocenters. The van der Waals surface area contributed by atoms with Crippen molar-refractivity contribution in [1.29, 1.82) is 0 Å². The number of rotatable bonds is 5. The van der Waals surface area contributed by atoms with Gasteiger partial charge in [-0.15, -0.1) is 0 Å². The Morgan fingerprint density at radius 3 is 2.43 bits per heavy atom. The largest absolute Gasteiger partial charge is 0.299 e. The van der Waals surface area contributed by atoms with Crippen molar-refractivity contribution in [2.45, 2.75) is 53.9 Å². The van der Waals surface area contributed by atoms with Crippen LogP contribution in [0.5, 0.6) is 0 Å². The molecule has 3 heteroatoms. The average molecular weight is 320 g/mol. The van der Waals surface area contributed by atoms with Gasteiger partial charge in [0.2, 0.25) is 0 Å². The summed E-state index contributed by atoms with van der Waals surface area (Å²) in [5.41, 5.74) is 3.36. The van der Waals surface area contributed by atoms with Crippen LogP contribution in [0.15, 0.2) is 58.3 Å². The molecule has 0 bridgehead atoms. The van der Waals surface area contributed by atoms with Crippen molar-refractivity contribution in [3.8, 4) is 0 Å². The van der Waals surface area contributed by atoms with Gasteiger partial charge < -0.3 is 0 Å². The third-order valence-electron chi connectivity index (χ3n) is 4.28. The molecule has 0 aromatic heterocycles. The fraction of sp³-hybridized carbons (Fsp3) is 0.450. The smallest absolute Gasteiger partial charge is 0.161 e. The van der Waals surface area contributed by atoms with E-state index in [4.69, 9.17) is 0 Å². The Labute approximate surface area is 138 Å². The van der Waals surface area contributed by atoms with Gasteiger partial charge in [-0.05, 0) is 74.3 Å². The summed E-state index contributed by atoms with van der Waals surface area (Å²) in [6.07, 6.45) is 9.84. The van der Waals surface area contributed by atoms with E-state index < -0.39 is 11.7 Å². The van der Waals surface area contributed by atoms with Crippen molar-refractivity contribution in [1.82, 2.24) is 0 Å². The fourth-order valence-electron chi connectivity index (χ4n) is 2.90. The average Bonchev–Trinajstić information content (AvgIpc) is 2.45. The number of carbonyl (C=O) groups excluding carboxylic acids is 1. The molecular weight excluding hydrogens is 294 g/mol. The van der Waals surface area contributed by atoms with Crippen molar-refractivity contribution in [3.63, 3.8) is 0 Å². The highest BCUT2D eigenvalue weighted by molar-refractivity contribution is 5.67. The summed E-state index contributed by atoms with van der Waals surface area (Å²) in [7, 11) is 0. The maximum atomic E-state index is 13.8. The Bertz CT molecular complexity index is 614. The second kappa shape index (κ2) is 8.19. The van der Waals surface area contributed by atoms with E-state index in [0.29, 0.717) is 11.9 Å².